The third-order valence-corrected chi connectivity index (χ3v) is 4.60. The third-order valence-electron chi connectivity index (χ3n) is 4.60. The van der Waals surface area contributed by atoms with Gasteiger partial charge in [-0.2, -0.15) is 0 Å². The highest BCUT2D eigenvalue weighted by atomic mass is 16.5. The van der Waals surface area contributed by atoms with E-state index in [1.807, 2.05) is 54.6 Å². The van der Waals surface area contributed by atoms with Crippen LogP contribution >= 0.6 is 0 Å². The summed E-state index contributed by atoms with van der Waals surface area (Å²) in [5.74, 6) is 0.387. The van der Waals surface area contributed by atoms with Crippen LogP contribution in [0, 0.1) is 0 Å². The Balaban J connectivity index is 1.77. The Morgan fingerprint density at radius 2 is 1.61 bits per heavy atom. The van der Waals surface area contributed by atoms with Gasteiger partial charge in [-0.05, 0) is 53.8 Å². The number of carboxylic acid groups (broad SMARTS) is 1. The molecule has 0 aliphatic heterocycles. The fraction of sp³-hybridized carbons (Fsp3) is 0.200. The Morgan fingerprint density at radius 3 is 2.35 bits per heavy atom. The second-order valence-corrected chi connectivity index (χ2v) is 7.12. The van der Waals surface area contributed by atoms with E-state index >= 15 is 0 Å². The molecule has 0 spiro atoms. The van der Waals surface area contributed by atoms with Crippen LogP contribution in [0.4, 0.5) is 0 Å². The second kappa shape index (κ2) is 10.8. The van der Waals surface area contributed by atoms with Gasteiger partial charge in [-0.15, -0.1) is 0 Å². The predicted octanol–water partition coefficient (Wildman–Crippen LogP) is 4.81. The van der Waals surface area contributed by atoms with Gasteiger partial charge in [0.25, 0.3) is 0 Å². The molecule has 1 amide bonds. The molecule has 6 heteroatoms. The molecule has 0 aliphatic rings. The Labute approximate surface area is 181 Å². The fourth-order valence-corrected chi connectivity index (χ4v) is 3.12. The topological polar surface area (TPSA) is 98.9 Å². The average molecular weight is 419 g/mol. The zero-order valence-corrected chi connectivity index (χ0v) is 17.1. The molecule has 0 atom stereocenters. The van der Waals surface area contributed by atoms with Gasteiger partial charge in [-0.25, -0.2) is 0 Å². The lowest BCUT2D eigenvalue weighted by Gasteiger charge is -2.14. The molecule has 0 unspecified atom stereocenters. The molecule has 0 saturated carbocycles. The number of nitrogens with two attached hydrogens (primary N) is 1. The molecule has 3 N–H and O–H groups in total. The third kappa shape index (κ3) is 6.89. The Hall–Kier alpha value is -3.80. The number of carbonyl (C=O) groups excluding carboxylic acids is 1. The van der Waals surface area contributed by atoms with Crippen molar-refractivity contribution in [3.63, 3.8) is 0 Å². The van der Waals surface area contributed by atoms with E-state index in [2.05, 4.69) is 0 Å². The quantitative estimate of drug-likeness (QED) is 0.435. The molecular formula is C25H25NO5. The highest BCUT2D eigenvalue weighted by Gasteiger charge is 2.11. The van der Waals surface area contributed by atoms with Crippen molar-refractivity contribution >= 4 is 11.9 Å². The first kappa shape index (κ1) is 21.9. The van der Waals surface area contributed by atoms with E-state index < -0.39 is 11.9 Å². The van der Waals surface area contributed by atoms with Gasteiger partial charge in [0.15, 0.2) is 11.5 Å². The zero-order valence-electron chi connectivity index (χ0n) is 17.1. The van der Waals surface area contributed by atoms with Crippen LogP contribution in [0.2, 0.25) is 0 Å². The molecule has 0 fully saturated rings. The summed E-state index contributed by atoms with van der Waals surface area (Å²) < 4.78 is 11.9. The average Bonchev–Trinajstić information content (AvgIpc) is 2.75. The summed E-state index contributed by atoms with van der Waals surface area (Å²) in [5, 5.41) is 8.76. The lowest BCUT2D eigenvalue weighted by atomic mass is 10.1. The van der Waals surface area contributed by atoms with Crippen LogP contribution in [0.15, 0.2) is 72.8 Å². The standard InChI is InChI=1S/C25H25NO5/c26-24(27)16-18-12-13-22(23(15-18)30-14-5-4-11-25(28)29)31-21-10-6-9-20(17-21)19-7-2-1-3-8-19/h1-3,6-10,12-13,15,17H,4-5,11,14,16H2,(H2,26,27)(H,28,29). The summed E-state index contributed by atoms with van der Waals surface area (Å²) >= 11 is 0. The predicted molar refractivity (Wildman–Crippen MR) is 118 cm³/mol. The molecular weight excluding hydrogens is 394 g/mol. The van der Waals surface area contributed by atoms with Crippen LogP contribution in [0.25, 0.3) is 11.1 Å². The highest BCUT2D eigenvalue weighted by Crippen LogP contribution is 2.34. The number of carbonyl (C=O) groups is 2. The van der Waals surface area contributed by atoms with Gasteiger partial charge in [-0.1, -0.05) is 48.5 Å². The summed E-state index contributed by atoms with van der Waals surface area (Å²) in [7, 11) is 0. The molecule has 3 rings (SSSR count). The first-order valence-corrected chi connectivity index (χ1v) is 10.1. The van der Waals surface area contributed by atoms with Gasteiger partial charge in [0.05, 0.1) is 13.0 Å². The first-order chi connectivity index (χ1) is 15.0. The normalized spacial score (nSPS) is 10.5. The van der Waals surface area contributed by atoms with Crippen molar-refractivity contribution in [3.8, 4) is 28.4 Å². The van der Waals surface area contributed by atoms with Gasteiger partial charge >= 0.3 is 5.97 Å². The van der Waals surface area contributed by atoms with Crippen LogP contribution in [0.5, 0.6) is 17.2 Å². The highest BCUT2D eigenvalue weighted by molar-refractivity contribution is 5.77. The molecule has 0 bridgehead atoms. The number of hydrogen-bond acceptors (Lipinski definition) is 4. The van der Waals surface area contributed by atoms with Gasteiger partial charge in [0.2, 0.25) is 5.91 Å². The Bertz CT molecular complexity index is 1030. The maximum absolute atomic E-state index is 11.3. The van der Waals surface area contributed by atoms with Crippen molar-refractivity contribution in [3.05, 3.63) is 78.4 Å². The molecule has 3 aromatic carbocycles. The molecule has 0 aliphatic carbocycles. The molecule has 0 saturated heterocycles. The zero-order chi connectivity index (χ0) is 22.1. The molecule has 0 heterocycles. The van der Waals surface area contributed by atoms with Crippen LogP contribution in [0.1, 0.15) is 24.8 Å². The smallest absolute Gasteiger partial charge is 0.303 e. The molecule has 0 radical (unpaired) electrons. The summed E-state index contributed by atoms with van der Waals surface area (Å²) in [5.41, 5.74) is 8.14. The number of rotatable bonds is 11. The summed E-state index contributed by atoms with van der Waals surface area (Å²) in [6.45, 7) is 0.341. The van der Waals surface area contributed by atoms with E-state index in [1.165, 1.54) is 0 Å². The van der Waals surface area contributed by atoms with E-state index in [4.69, 9.17) is 20.3 Å². The van der Waals surface area contributed by atoms with Crippen LogP contribution in [-0.2, 0) is 16.0 Å². The maximum Gasteiger partial charge on any atom is 0.303 e. The fourth-order valence-electron chi connectivity index (χ4n) is 3.12. The number of hydrogen-bond donors (Lipinski definition) is 2. The SMILES string of the molecule is NC(=O)Cc1ccc(Oc2cccc(-c3ccccc3)c2)c(OCCCCC(=O)O)c1. The first-order valence-electron chi connectivity index (χ1n) is 10.1. The number of aliphatic carboxylic acids is 1. The lowest BCUT2D eigenvalue weighted by Crippen LogP contribution is -2.13. The monoisotopic (exact) mass is 419 g/mol. The van der Waals surface area contributed by atoms with Gasteiger partial charge in [0, 0.05) is 6.42 Å². The number of benzene rings is 3. The van der Waals surface area contributed by atoms with Crippen molar-refractivity contribution in [2.45, 2.75) is 25.7 Å². The largest absolute Gasteiger partial charge is 0.490 e. The van der Waals surface area contributed by atoms with E-state index in [-0.39, 0.29) is 12.8 Å². The summed E-state index contributed by atoms with van der Waals surface area (Å²) in [4.78, 5) is 21.9. The van der Waals surface area contributed by atoms with Crippen molar-refractivity contribution < 1.29 is 24.2 Å². The van der Waals surface area contributed by atoms with E-state index in [1.54, 1.807) is 18.2 Å². The molecule has 6 nitrogen and oxygen atoms in total. The minimum absolute atomic E-state index is 0.0964. The molecule has 160 valence electrons. The maximum atomic E-state index is 11.3. The minimum atomic E-state index is -0.828. The number of primary amides is 1. The van der Waals surface area contributed by atoms with Crippen molar-refractivity contribution in [1.82, 2.24) is 0 Å². The van der Waals surface area contributed by atoms with Crippen LogP contribution in [0.3, 0.4) is 0 Å². The number of unbranched alkanes of at least 4 members (excludes halogenated alkanes) is 1. The number of amides is 1. The van der Waals surface area contributed by atoms with E-state index in [0.29, 0.717) is 36.7 Å². The van der Waals surface area contributed by atoms with Crippen LogP contribution in [-0.4, -0.2) is 23.6 Å². The van der Waals surface area contributed by atoms with E-state index in [0.717, 1.165) is 16.7 Å². The van der Waals surface area contributed by atoms with Crippen molar-refractivity contribution in [2.75, 3.05) is 6.61 Å². The van der Waals surface area contributed by atoms with Crippen molar-refractivity contribution in [2.24, 2.45) is 5.73 Å². The number of carboxylic acids is 1. The Morgan fingerprint density at radius 1 is 0.839 bits per heavy atom. The Kier molecular flexibility index (Phi) is 7.65. The lowest BCUT2D eigenvalue weighted by molar-refractivity contribution is -0.137. The number of ether oxygens (including phenoxy) is 2. The van der Waals surface area contributed by atoms with Gasteiger partial charge in [0.1, 0.15) is 5.75 Å². The van der Waals surface area contributed by atoms with Gasteiger partial charge < -0.3 is 20.3 Å². The van der Waals surface area contributed by atoms with Gasteiger partial charge in [-0.3, -0.25) is 9.59 Å². The second-order valence-electron chi connectivity index (χ2n) is 7.12. The summed E-state index contributed by atoms with van der Waals surface area (Å²) in [6, 6.07) is 23.0. The molecule has 31 heavy (non-hydrogen) atoms. The van der Waals surface area contributed by atoms with E-state index in [9.17, 15) is 9.59 Å². The van der Waals surface area contributed by atoms with Crippen LogP contribution < -0.4 is 15.2 Å². The molecule has 3 aromatic rings. The molecule has 0 aromatic heterocycles. The van der Waals surface area contributed by atoms with Crippen molar-refractivity contribution in [1.29, 1.82) is 0 Å². The minimum Gasteiger partial charge on any atom is -0.490 e. The summed E-state index contributed by atoms with van der Waals surface area (Å²) in [6.07, 6.45) is 1.31.